The zero-order valence-corrected chi connectivity index (χ0v) is 14.1. The SMILES string of the molecule is Br.[2H]C([2H])([2H])Oc1ccc2c3c1O[C@H]1CC(O)C=C[C@@]31CCN(C)C2. The van der Waals surface area contributed by atoms with Crippen LogP contribution >= 0.6 is 17.0 Å². The molecular formula is C17H22BrNO3. The quantitative estimate of drug-likeness (QED) is 0.770. The Kier molecular flexibility index (Phi) is 3.13. The first kappa shape index (κ1) is 12.4. The smallest absolute Gasteiger partial charge is 0.166 e. The Labute approximate surface area is 145 Å². The molecule has 1 unspecified atom stereocenters. The van der Waals surface area contributed by atoms with Crippen LogP contribution in [0.15, 0.2) is 24.3 Å². The number of nitrogens with zero attached hydrogens (tertiary/aromatic N) is 1. The van der Waals surface area contributed by atoms with Gasteiger partial charge in [0.05, 0.1) is 22.7 Å². The molecule has 120 valence electrons. The molecule has 0 saturated carbocycles. The third kappa shape index (κ3) is 2.10. The fraction of sp³-hybridized carbons (Fsp3) is 0.529. The van der Waals surface area contributed by atoms with Gasteiger partial charge in [0.25, 0.3) is 0 Å². The van der Waals surface area contributed by atoms with Crippen LogP contribution in [0.25, 0.3) is 0 Å². The summed E-state index contributed by atoms with van der Waals surface area (Å²) in [5, 5.41) is 10.0. The first-order chi connectivity index (χ1) is 11.3. The Morgan fingerprint density at radius 1 is 1.50 bits per heavy atom. The van der Waals surface area contributed by atoms with Gasteiger partial charge >= 0.3 is 0 Å². The molecule has 1 spiro atoms. The van der Waals surface area contributed by atoms with Gasteiger partial charge < -0.3 is 19.5 Å². The van der Waals surface area contributed by atoms with Gasteiger partial charge in [-0.2, -0.15) is 0 Å². The summed E-state index contributed by atoms with van der Waals surface area (Å²) in [5.41, 5.74) is 1.84. The van der Waals surface area contributed by atoms with E-state index in [4.69, 9.17) is 13.6 Å². The summed E-state index contributed by atoms with van der Waals surface area (Å²) in [4.78, 5) is 2.25. The summed E-state index contributed by atoms with van der Waals surface area (Å²) in [7, 11) is -0.444. The molecule has 1 aromatic carbocycles. The third-order valence-electron chi connectivity index (χ3n) is 5.04. The minimum absolute atomic E-state index is 0. The third-order valence-corrected chi connectivity index (χ3v) is 5.04. The number of rotatable bonds is 1. The van der Waals surface area contributed by atoms with Crippen LogP contribution in [0.2, 0.25) is 0 Å². The van der Waals surface area contributed by atoms with E-state index >= 15 is 0 Å². The van der Waals surface area contributed by atoms with E-state index in [1.165, 1.54) is 0 Å². The van der Waals surface area contributed by atoms with Crippen molar-refractivity contribution in [2.24, 2.45) is 0 Å². The van der Waals surface area contributed by atoms with Gasteiger partial charge in [0.1, 0.15) is 6.10 Å². The summed E-state index contributed by atoms with van der Waals surface area (Å²) >= 11 is 0. The monoisotopic (exact) mass is 370 g/mol. The van der Waals surface area contributed by atoms with E-state index in [-0.39, 0.29) is 34.2 Å². The molecule has 0 fully saturated rings. The summed E-state index contributed by atoms with van der Waals surface area (Å²) in [6.07, 6.45) is 4.53. The van der Waals surface area contributed by atoms with Crippen LogP contribution in [0.3, 0.4) is 0 Å². The average molecular weight is 371 g/mol. The van der Waals surface area contributed by atoms with Crippen molar-refractivity contribution in [1.82, 2.24) is 4.90 Å². The number of benzene rings is 1. The lowest BCUT2D eigenvalue weighted by atomic mass is 9.69. The zero-order valence-electron chi connectivity index (χ0n) is 15.4. The Balaban J connectivity index is 0.00000182. The summed E-state index contributed by atoms with van der Waals surface area (Å²) < 4.78 is 33.5. The van der Waals surface area contributed by atoms with Gasteiger partial charge in [-0.25, -0.2) is 0 Å². The highest BCUT2D eigenvalue weighted by Crippen LogP contribution is 2.55. The zero-order chi connectivity index (χ0) is 17.1. The van der Waals surface area contributed by atoms with Crippen LogP contribution in [0, 0.1) is 0 Å². The molecule has 3 aliphatic rings. The number of ether oxygens (including phenoxy) is 2. The predicted molar refractivity (Wildman–Crippen MR) is 90.1 cm³/mol. The first-order valence-electron chi connectivity index (χ1n) is 8.86. The van der Waals surface area contributed by atoms with Gasteiger partial charge in [0, 0.05) is 18.5 Å². The number of hydrogen-bond acceptors (Lipinski definition) is 4. The topological polar surface area (TPSA) is 41.9 Å². The molecule has 0 bridgehead atoms. The molecule has 1 aliphatic carbocycles. The number of methoxy groups -OCH3 is 1. The van der Waals surface area contributed by atoms with Crippen molar-refractivity contribution < 1.29 is 18.7 Å². The second-order valence-corrected chi connectivity index (χ2v) is 6.33. The van der Waals surface area contributed by atoms with Crippen molar-refractivity contribution in [3.05, 3.63) is 35.4 Å². The van der Waals surface area contributed by atoms with Crippen LogP contribution < -0.4 is 9.47 Å². The lowest BCUT2D eigenvalue weighted by Crippen LogP contribution is -2.42. The first-order valence-corrected chi connectivity index (χ1v) is 7.36. The summed E-state index contributed by atoms with van der Waals surface area (Å²) in [6.45, 7) is 1.69. The average Bonchev–Trinajstić information content (AvgIpc) is 2.74. The predicted octanol–water partition coefficient (Wildman–Crippen LogP) is 2.43. The lowest BCUT2D eigenvalue weighted by molar-refractivity contribution is 0.0821. The Morgan fingerprint density at radius 3 is 3.18 bits per heavy atom. The largest absolute Gasteiger partial charge is 0.493 e. The molecule has 0 aromatic heterocycles. The van der Waals surface area contributed by atoms with Crippen LogP contribution in [0.1, 0.15) is 28.1 Å². The molecule has 0 radical (unpaired) electrons. The highest BCUT2D eigenvalue weighted by atomic mass is 79.9. The van der Waals surface area contributed by atoms with E-state index in [9.17, 15) is 5.11 Å². The van der Waals surface area contributed by atoms with Gasteiger partial charge in [-0.1, -0.05) is 18.2 Å². The van der Waals surface area contributed by atoms with Gasteiger partial charge in [-0.05, 0) is 31.6 Å². The minimum atomic E-state index is -2.52. The fourth-order valence-corrected chi connectivity index (χ4v) is 4.00. The molecule has 5 heteroatoms. The Hall–Kier alpha value is -1.04. The molecule has 3 atom stereocenters. The molecule has 4 nitrogen and oxygen atoms in total. The van der Waals surface area contributed by atoms with Crippen LogP contribution in [0.4, 0.5) is 0 Å². The van der Waals surface area contributed by atoms with E-state index in [0.717, 1.165) is 30.6 Å². The standard InChI is InChI=1S/C17H21NO3.BrH/c1-18-8-7-17-6-5-12(19)9-14(17)21-16-13(20-2)4-3-11(10-18)15(16)17;/h3-6,12,14,19H,7-10H2,1-2H3;1H/t12?,14-,17-;/m0./s1/i2D3;. The molecule has 22 heavy (non-hydrogen) atoms. The van der Waals surface area contributed by atoms with Gasteiger partial charge in [-0.3, -0.25) is 0 Å². The van der Waals surface area contributed by atoms with Crippen molar-refractivity contribution in [2.75, 3.05) is 20.6 Å². The molecule has 1 N–H and O–H groups in total. The summed E-state index contributed by atoms with van der Waals surface area (Å²) in [5.74, 6) is 0.789. The van der Waals surface area contributed by atoms with Crippen LogP contribution in [-0.2, 0) is 12.0 Å². The number of aliphatic hydroxyl groups is 1. The van der Waals surface area contributed by atoms with Crippen molar-refractivity contribution in [1.29, 1.82) is 0 Å². The molecule has 4 rings (SSSR count). The molecule has 0 amide bonds. The van der Waals surface area contributed by atoms with Gasteiger partial charge in [0.2, 0.25) is 0 Å². The van der Waals surface area contributed by atoms with E-state index in [1.54, 1.807) is 6.07 Å². The maximum atomic E-state index is 10.0. The van der Waals surface area contributed by atoms with E-state index < -0.39 is 13.1 Å². The second-order valence-electron chi connectivity index (χ2n) is 6.33. The number of halogens is 1. The lowest BCUT2D eigenvalue weighted by Gasteiger charge is -2.35. The number of aliphatic hydroxyl groups excluding tert-OH is 1. The highest BCUT2D eigenvalue weighted by molar-refractivity contribution is 8.93. The van der Waals surface area contributed by atoms with Gasteiger partial charge in [0.15, 0.2) is 11.5 Å². The normalized spacial score (nSPS) is 34.9. The molecule has 1 aromatic rings. The van der Waals surface area contributed by atoms with Crippen LogP contribution in [-0.4, -0.2) is 42.8 Å². The fourth-order valence-electron chi connectivity index (χ4n) is 4.00. The van der Waals surface area contributed by atoms with Crippen molar-refractivity contribution in [3.63, 3.8) is 0 Å². The molecule has 2 heterocycles. The van der Waals surface area contributed by atoms with E-state index in [2.05, 4.69) is 18.0 Å². The minimum Gasteiger partial charge on any atom is -0.493 e. The second kappa shape index (κ2) is 5.55. The van der Waals surface area contributed by atoms with Crippen molar-refractivity contribution in [3.8, 4) is 11.5 Å². The molecule has 0 saturated heterocycles. The molecule has 2 aliphatic heterocycles. The van der Waals surface area contributed by atoms with Crippen LogP contribution in [0.5, 0.6) is 11.5 Å². The summed E-state index contributed by atoms with van der Waals surface area (Å²) in [6, 6.07) is 3.62. The maximum absolute atomic E-state index is 10.0. The Bertz CT molecular complexity index is 709. The van der Waals surface area contributed by atoms with Crippen molar-refractivity contribution >= 4 is 17.0 Å². The van der Waals surface area contributed by atoms with E-state index in [0.29, 0.717) is 12.2 Å². The number of hydrogen-bond donors (Lipinski definition) is 1. The molecular weight excluding hydrogens is 346 g/mol. The maximum Gasteiger partial charge on any atom is 0.166 e. The highest BCUT2D eigenvalue weighted by Gasteiger charge is 2.52. The van der Waals surface area contributed by atoms with Crippen molar-refractivity contribution in [2.45, 2.75) is 37.0 Å². The van der Waals surface area contributed by atoms with Gasteiger partial charge in [-0.15, -0.1) is 17.0 Å². The Morgan fingerprint density at radius 2 is 2.36 bits per heavy atom. The van der Waals surface area contributed by atoms with E-state index in [1.807, 2.05) is 12.1 Å².